The highest BCUT2D eigenvalue weighted by Crippen LogP contribution is 2.27. The summed E-state index contributed by atoms with van der Waals surface area (Å²) in [5.41, 5.74) is 3.00. The van der Waals surface area contributed by atoms with Gasteiger partial charge < -0.3 is 9.64 Å². The van der Waals surface area contributed by atoms with Crippen LogP contribution >= 0.6 is 11.8 Å². The van der Waals surface area contributed by atoms with Crippen LogP contribution < -0.4 is 10.5 Å². The van der Waals surface area contributed by atoms with Crippen LogP contribution in [0.3, 0.4) is 0 Å². The van der Waals surface area contributed by atoms with E-state index in [0.717, 1.165) is 28.6 Å². The quantitative estimate of drug-likeness (QED) is 0.635. The lowest BCUT2D eigenvalue weighted by molar-refractivity contribution is 0.0394. The fourth-order valence-electron chi connectivity index (χ4n) is 3.25. The van der Waals surface area contributed by atoms with Crippen molar-refractivity contribution in [2.45, 2.75) is 25.0 Å². The summed E-state index contributed by atoms with van der Waals surface area (Å²) in [4.78, 5) is 24.3. The van der Waals surface area contributed by atoms with Gasteiger partial charge in [0.15, 0.2) is 5.65 Å². The minimum absolute atomic E-state index is 0.0477. The molecule has 0 aromatic carbocycles. The number of nitrogens with zero attached hydrogens (tertiary/aromatic N) is 6. The van der Waals surface area contributed by atoms with Gasteiger partial charge in [-0.25, -0.2) is 9.97 Å². The first kappa shape index (κ1) is 18.0. The maximum Gasteiger partial charge on any atom is 0.261 e. The number of aryl methyl sites for hydroxylation is 2. The summed E-state index contributed by atoms with van der Waals surface area (Å²) in [7, 11) is 1.89. The molecule has 9 heteroatoms. The van der Waals surface area contributed by atoms with Gasteiger partial charge in [0.25, 0.3) is 5.56 Å². The van der Waals surface area contributed by atoms with Crippen molar-refractivity contribution < 1.29 is 4.74 Å². The van der Waals surface area contributed by atoms with E-state index in [0.29, 0.717) is 24.4 Å². The molecule has 142 valence electrons. The fourth-order valence-corrected chi connectivity index (χ4v) is 3.76. The van der Waals surface area contributed by atoms with Gasteiger partial charge in [-0.2, -0.15) is 5.10 Å². The number of fused-ring (bicyclic) bond motifs is 1. The van der Waals surface area contributed by atoms with E-state index in [-0.39, 0.29) is 11.7 Å². The highest BCUT2D eigenvalue weighted by atomic mass is 32.2. The molecule has 4 heterocycles. The van der Waals surface area contributed by atoms with Gasteiger partial charge in [0.2, 0.25) is 0 Å². The van der Waals surface area contributed by atoms with E-state index in [1.807, 2.05) is 39.5 Å². The lowest BCUT2D eigenvalue weighted by atomic mass is 10.1. The summed E-state index contributed by atoms with van der Waals surface area (Å²) in [6, 6.07) is 0. The maximum absolute atomic E-state index is 12.8. The van der Waals surface area contributed by atoms with Crippen LogP contribution in [0.1, 0.15) is 22.9 Å². The van der Waals surface area contributed by atoms with Gasteiger partial charge in [0.05, 0.1) is 25.5 Å². The molecule has 0 aliphatic carbocycles. The fraction of sp³-hybridized carbons (Fsp3) is 0.444. The Morgan fingerprint density at radius 3 is 2.78 bits per heavy atom. The van der Waals surface area contributed by atoms with Gasteiger partial charge in [0.1, 0.15) is 16.9 Å². The molecule has 1 saturated heterocycles. The highest BCUT2D eigenvalue weighted by molar-refractivity contribution is 7.98. The van der Waals surface area contributed by atoms with Crippen molar-refractivity contribution in [1.82, 2.24) is 24.1 Å². The van der Waals surface area contributed by atoms with Crippen molar-refractivity contribution in [3.8, 4) is 0 Å². The number of rotatable bonds is 3. The molecular formula is C18H22N6O2S. The van der Waals surface area contributed by atoms with E-state index in [9.17, 15) is 4.79 Å². The van der Waals surface area contributed by atoms with Crippen LogP contribution in [0.25, 0.3) is 5.65 Å². The van der Waals surface area contributed by atoms with E-state index in [2.05, 4.69) is 15.0 Å². The summed E-state index contributed by atoms with van der Waals surface area (Å²) < 4.78 is 9.31. The number of hydrogen-bond donors (Lipinski definition) is 0. The van der Waals surface area contributed by atoms with Gasteiger partial charge in [-0.3, -0.25) is 13.9 Å². The van der Waals surface area contributed by atoms with Crippen molar-refractivity contribution >= 4 is 23.2 Å². The molecule has 0 amide bonds. The van der Waals surface area contributed by atoms with E-state index < -0.39 is 0 Å². The minimum atomic E-state index is -0.0720. The van der Waals surface area contributed by atoms with Crippen LogP contribution in [0.5, 0.6) is 0 Å². The number of hydrogen-bond acceptors (Lipinski definition) is 7. The third-order valence-corrected chi connectivity index (χ3v) is 5.58. The molecule has 1 fully saturated rings. The summed E-state index contributed by atoms with van der Waals surface area (Å²) >= 11 is 1.50. The Balaban J connectivity index is 1.75. The van der Waals surface area contributed by atoms with E-state index in [4.69, 9.17) is 9.72 Å². The zero-order chi connectivity index (χ0) is 19.1. The second-order valence-corrected chi connectivity index (χ2v) is 7.48. The Morgan fingerprint density at radius 1 is 1.26 bits per heavy atom. The molecular weight excluding hydrogens is 364 g/mol. The standard InChI is InChI=1S/C18H22N6O2S/c1-11-12(2)20-16-17(27-4)21-15(10-24(16)18(11)25)23-5-6-26-14(9-23)13-7-19-22(3)8-13/h7-8,10,14H,5-6,9H2,1-4H3/t14-/m1/s1. The number of morpholine rings is 1. The average molecular weight is 386 g/mol. The van der Waals surface area contributed by atoms with Crippen LogP contribution in [0, 0.1) is 13.8 Å². The zero-order valence-electron chi connectivity index (χ0n) is 15.8. The van der Waals surface area contributed by atoms with Gasteiger partial charge in [0, 0.05) is 36.6 Å². The van der Waals surface area contributed by atoms with Gasteiger partial charge in [-0.15, -0.1) is 11.8 Å². The predicted octanol–water partition coefficient (Wildman–Crippen LogP) is 1.74. The molecule has 1 aliphatic heterocycles. The first-order valence-corrected chi connectivity index (χ1v) is 10.00. The minimum Gasteiger partial charge on any atom is -0.370 e. The Morgan fingerprint density at radius 2 is 2.07 bits per heavy atom. The second kappa shape index (κ2) is 6.97. The molecule has 0 radical (unpaired) electrons. The largest absolute Gasteiger partial charge is 0.370 e. The summed E-state index contributed by atoms with van der Waals surface area (Å²) in [6.45, 7) is 5.63. The number of thioether (sulfide) groups is 1. The number of ether oxygens (including phenoxy) is 1. The third kappa shape index (κ3) is 3.21. The first-order chi connectivity index (χ1) is 13.0. The Labute approximate surface area is 161 Å². The van der Waals surface area contributed by atoms with Crippen molar-refractivity contribution in [2.75, 3.05) is 30.9 Å². The van der Waals surface area contributed by atoms with Crippen molar-refractivity contribution in [2.24, 2.45) is 7.05 Å². The lowest BCUT2D eigenvalue weighted by Crippen LogP contribution is -2.39. The van der Waals surface area contributed by atoms with E-state index in [1.165, 1.54) is 11.8 Å². The van der Waals surface area contributed by atoms with Crippen molar-refractivity contribution in [3.63, 3.8) is 0 Å². The SMILES string of the molecule is CSc1nc(N2CCO[C@@H](c3cnn(C)c3)C2)cn2c(=O)c(C)c(C)nc12. The van der Waals surface area contributed by atoms with Crippen LogP contribution in [-0.4, -0.2) is 50.1 Å². The summed E-state index contributed by atoms with van der Waals surface area (Å²) in [5.74, 6) is 0.760. The molecule has 27 heavy (non-hydrogen) atoms. The molecule has 0 N–H and O–H groups in total. The molecule has 1 atom stereocenters. The topological polar surface area (TPSA) is 77.5 Å². The molecule has 0 bridgehead atoms. The zero-order valence-corrected chi connectivity index (χ0v) is 16.7. The first-order valence-electron chi connectivity index (χ1n) is 8.77. The average Bonchev–Trinajstić information content (AvgIpc) is 3.12. The van der Waals surface area contributed by atoms with Gasteiger partial charge in [-0.05, 0) is 20.1 Å². The monoisotopic (exact) mass is 386 g/mol. The van der Waals surface area contributed by atoms with Crippen LogP contribution in [-0.2, 0) is 11.8 Å². The van der Waals surface area contributed by atoms with Crippen LogP contribution in [0.15, 0.2) is 28.4 Å². The molecule has 8 nitrogen and oxygen atoms in total. The maximum atomic E-state index is 12.8. The van der Waals surface area contributed by atoms with E-state index >= 15 is 0 Å². The Kier molecular flexibility index (Phi) is 4.65. The van der Waals surface area contributed by atoms with Crippen LogP contribution in [0.4, 0.5) is 5.82 Å². The molecule has 4 rings (SSSR count). The van der Waals surface area contributed by atoms with Crippen LogP contribution in [0.2, 0.25) is 0 Å². The Bertz CT molecular complexity index is 1060. The van der Waals surface area contributed by atoms with E-state index in [1.54, 1.807) is 15.3 Å². The molecule has 3 aromatic rings. The summed E-state index contributed by atoms with van der Waals surface area (Å²) in [5, 5.41) is 4.98. The van der Waals surface area contributed by atoms with Gasteiger partial charge >= 0.3 is 0 Å². The second-order valence-electron chi connectivity index (χ2n) is 6.68. The molecule has 3 aromatic heterocycles. The third-order valence-electron chi connectivity index (χ3n) is 4.92. The smallest absolute Gasteiger partial charge is 0.261 e. The number of aromatic nitrogens is 5. The van der Waals surface area contributed by atoms with Crippen molar-refractivity contribution in [1.29, 1.82) is 0 Å². The van der Waals surface area contributed by atoms with Gasteiger partial charge in [-0.1, -0.05) is 0 Å². The molecule has 0 saturated carbocycles. The summed E-state index contributed by atoms with van der Waals surface area (Å²) in [6.07, 6.45) is 7.47. The molecule has 0 unspecified atom stereocenters. The molecule has 0 spiro atoms. The highest BCUT2D eigenvalue weighted by Gasteiger charge is 2.25. The normalized spacial score (nSPS) is 17.6. The predicted molar refractivity (Wildman–Crippen MR) is 105 cm³/mol. The van der Waals surface area contributed by atoms with Crippen molar-refractivity contribution in [3.05, 3.63) is 45.8 Å². The molecule has 1 aliphatic rings. The lowest BCUT2D eigenvalue weighted by Gasteiger charge is -2.33. The Hall–Kier alpha value is -2.39. The number of anilines is 1.